The molecule has 9 heavy (non-hydrogen) atoms. The van der Waals surface area contributed by atoms with Crippen LogP contribution in [0.4, 0.5) is 0 Å². The highest BCUT2D eigenvalue weighted by molar-refractivity contribution is 5.01. The van der Waals surface area contributed by atoms with Crippen molar-refractivity contribution in [2.75, 3.05) is 19.8 Å². The van der Waals surface area contributed by atoms with Crippen LogP contribution in [0.5, 0.6) is 0 Å². The minimum atomic E-state index is 0.204. The van der Waals surface area contributed by atoms with Crippen molar-refractivity contribution in [1.29, 1.82) is 0 Å². The minimum absolute atomic E-state index is 0.204. The molecule has 1 saturated heterocycles. The molecule has 0 aromatic rings. The molecule has 1 heterocycles. The maximum absolute atomic E-state index is 8.68. The highest BCUT2D eigenvalue weighted by Gasteiger charge is 2.53. The Morgan fingerprint density at radius 3 is 2.22 bits per heavy atom. The van der Waals surface area contributed by atoms with Gasteiger partial charge in [0.25, 0.3) is 0 Å². The van der Waals surface area contributed by atoms with Crippen LogP contribution in [0.1, 0.15) is 0 Å². The van der Waals surface area contributed by atoms with Crippen LogP contribution in [-0.2, 0) is 9.47 Å². The summed E-state index contributed by atoms with van der Waals surface area (Å²) in [6.45, 7) is 1.59. The molecule has 3 heteroatoms. The first-order valence-corrected chi connectivity index (χ1v) is 3.27. The van der Waals surface area contributed by atoms with Crippen LogP contribution in [0.2, 0.25) is 0 Å². The van der Waals surface area contributed by atoms with Gasteiger partial charge in [0.2, 0.25) is 0 Å². The van der Waals surface area contributed by atoms with Crippen molar-refractivity contribution in [3.63, 3.8) is 0 Å². The van der Waals surface area contributed by atoms with Crippen LogP contribution in [0.25, 0.3) is 0 Å². The van der Waals surface area contributed by atoms with Crippen LogP contribution in [0.15, 0.2) is 0 Å². The first-order valence-electron chi connectivity index (χ1n) is 3.27. The first kappa shape index (κ1) is 5.65. The lowest BCUT2D eigenvalue weighted by atomic mass is 10.4. The molecule has 3 atom stereocenters. The number of fused-ring (bicyclic) bond motifs is 1. The van der Waals surface area contributed by atoms with Gasteiger partial charge in [-0.2, -0.15) is 0 Å². The molecule has 1 saturated carbocycles. The van der Waals surface area contributed by atoms with Crippen molar-refractivity contribution in [2.24, 2.45) is 5.92 Å². The molecule has 0 aromatic carbocycles. The van der Waals surface area contributed by atoms with Crippen molar-refractivity contribution in [3.05, 3.63) is 0 Å². The molecule has 0 radical (unpaired) electrons. The van der Waals surface area contributed by atoms with E-state index in [9.17, 15) is 0 Å². The zero-order valence-corrected chi connectivity index (χ0v) is 5.12. The van der Waals surface area contributed by atoms with Crippen LogP contribution in [0.3, 0.4) is 0 Å². The summed E-state index contributed by atoms with van der Waals surface area (Å²) in [5.74, 6) is 0.271. The van der Waals surface area contributed by atoms with Gasteiger partial charge in [0, 0.05) is 5.92 Å². The van der Waals surface area contributed by atoms with Gasteiger partial charge in [0.1, 0.15) is 0 Å². The number of aliphatic hydroxyl groups is 1. The highest BCUT2D eigenvalue weighted by Crippen LogP contribution is 2.39. The standard InChI is InChI=1S/C6H10O3/c7-3-4-5-6(4)9-2-1-8-5/h4-7H,1-3H2/t4?,5-,6+. The Labute approximate surface area is 53.6 Å². The number of aliphatic hydroxyl groups excluding tert-OH is 1. The van der Waals surface area contributed by atoms with E-state index in [1.165, 1.54) is 0 Å². The molecule has 2 rings (SSSR count). The quantitative estimate of drug-likeness (QED) is 0.514. The Bertz CT molecular complexity index is 96.1. The first-order chi connectivity index (χ1) is 4.43. The van der Waals surface area contributed by atoms with Gasteiger partial charge in [-0.05, 0) is 0 Å². The molecule has 3 nitrogen and oxygen atoms in total. The zero-order valence-electron chi connectivity index (χ0n) is 5.12. The normalized spacial score (nSPS) is 48.3. The van der Waals surface area contributed by atoms with Crippen molar-refractivity contribution < 1.29 is 14.6 Å². The highest BCUT2D eigenvalue weighted by atomic mass is 16.6. The van der Waals surface area contributed by atoms with E-state index in [0.717, 1.165) is 0 Å². The lowest BCUT2D eigenvalue weighted by Gasteiger charge is -2.09. The molecule has 2 aliphatic rings. The molecule has 1 aliphatic carbocycles. The van der Waals surface area contributed by atoms with Crippen molar-refractivity contribution in [2.45, 2.75) is 12.2 Å². The summed E-state index contributed by atoms with van der Waals surface area (Å²) >= 11 is 0. The summed E-state index contributed by atoms with van der Waals surface area (Å²) in [5, 5.41) is 8.68. The summed E-state index contributed by atoms with van der Waals surface area (Å²) in [5.41, 5.74) is 0. The Balaban J connectivity index is 1.91. The van der Waals surface area contributed by atoms with Crippen LogP contribution in [-0.4, -0.2) is 37.1 Å². The van der Waals surface area contributed by atoms with E-state index in [1.807, 2.05) is 0 Å². The molecule has 1 unspecified atom stereocenters. The fourth-order valence-corrected chi connectivity index (χ4v) is 1.33. The number of rotatable bonds is 1. The molecule has 0 bridgehead atoms. The Hall–Kier alpha value is -0.120. The predicted octanol–water partition coefficient (Wildman–Crippen LogP) is -0.608. The van der Waals surface area contributed by atoms with Gasteiger partial charge in [-0.15, -0.1) is 0 Å². The third-order valence-corrected chi connectivity index (χ3v) is 1.94. The summed E-state index contributed by atoms with van der Waals surface area (Å²) in [6.07, 6.45) is 0.424. The summed E-state index contributed by atoms with van der Waals surface area (Å²) < 4.78 is 10.5. The third-order valence-electron chi connectivity index (χ3n) is 1.94. The molecule has 2 fully saturated rings. The van der Waals surface area contributed by atoms with Gasteiger partial charge < -0.3 is 14.6 Å². The van der Waals surface area contributed by atoms with Crippen LogP contribution in [0, 0.1) is 5.92 Å². The fourth-order valence-electron chi connectivity index (χ4n) is 1.33. The average molecular weight is 130 g/mol. The molecule has 0 spiro atoms. The van der Waals surface area contributed by atoms with Crippen LogP contribution < -0.4 is 0 Å². The summed E-state index contributed by atoms with van der Waals surface area (Å²) in [4.78, 5) is 0. The lowest BCUT2D eigenvalue weighted by molar-refractivity contribution is -0.0376. The molecular formula is C6H10O3. The van der Waals surface area contributed by atoms with E-state index in [1.54, 1.807) is 0 Å². The van der Waals surface area contributed by atoms with E-state index in [-0.39, 0.29) is 24.7 Å². The Morgan fingerprint density at radius 1 is 1.22 bits per heavy atom. The second-order valence-electron chi connectivity index (χ2n) is 2.52. The molecule has 0 aromatic heterocycles. The van der Waals surface area contributed by atoms with Gasteiger partial charge in [-0.25, -0.2) is 0 Å². The zero-order chi connectivity index (χ0) is 6.27. The molecule has 0 amide bonds. The third kappa shape index (κ3) is 0.764. The van der Waals surface area contributed by atoms with Gasteiger partial charge in [0.15, 0.2) is 0 Å². The smallest absolute Gasteiger partial charge is 0.0918 e. The van der Waals surface area contributed by atoms with Crippen molar-refractivity contribution in [3.8, 4) is 0 Å². The van der Waals surface area contributed by atoms with E-state index >= 15 is 0 Å². The van der Waals surface area contributed by atoms with Crippen molar-refractivity contribution in [1.82, 2.24) is 0 Å². The van der Waals surface area contributed by atoms with Gasteiger partial charge in [-0.3, -0.25) is 0 Å². The summed E-state index contributed by atoms with van der Waals surface area (Å²) in [7, 11) is 0. The number of hydrogen-bond acceptors (Lipinski definition) is 3. The Kier molecular flexibility index (Phi) is 1.22. The maximum atomic E-state index is 8.68. The second kappa shape index (κ2) is 1.94. The molecule has 1 N–H and O–H groups in total. The second-order valence-corrected chi connectivity index (χ2v) is 2.52. The number of ether oxygens (including phenoxy) is 2. The van der Waals surface area contributed by atoms with Crippen LogP contribution >= 0.6 is 0 Å². The van der Waals surface area contributed by atoms with E-state index in [0.29, 0.717) is 13.2 Å². The summed E-state index contributed by atoms with van der Waals surface area (Å²) in [6, 6.07) is 0. The predicted molar refractivity (Wildman–Crippen MR) is 30.1 cm³/mol. The van der Waals surface area contributed by atoms with E-state index in [2.05, 4.69) is 0 Å². The van der Waals surface area contributed by atoms with E-state index in [4.69, 9.17) is 14.6 Å². The fraction of sp³-hybridized carbons (Fsp3) is 1.00. The largest absolute Gasteiger partial charge is 0.396 e. The van der Waals surface area contributed by atoms with E-state index < -0.39 is 0 Å². The monoisotopic (exact) mass is 130 g/mol. The van der Waals surface area contributed by atoms with Crippen molar-refractivity contribution >= 4 is 0 Å². The van der Waals surface area contributed by atoms with Gasteiger partial charge in [-0.1, -0.05) is 0 Å². The topological polar surface area (TPSA) is 38.7 Å². The van der Waals surface area contributed by atoms with Gasteiger partial charge in [0.05, 0.1) is 32.0 Å². The lowest BCUT2D eigenvalue weighted by Crippen LogP contribution is -2.16. The Morgan fingerprint density at radius 2 is 1.78 bits per heavy atom. The average Bonchev–Trinajstić information content (AvgIpc) is 2.60. The van der Waals surface area contributed by atoms with Gasteiger partial charge >= 0.3 is 0 Å². The maximum Gasteiger partial charge on any atom is 0.0918 e. The minimum Gasteiger partial charge on any atom is -0.396 e. The molecule has 1 aliphatic heterocycles. The molecular weight excluding hydrogens is 120 g/mol. The number of hydrogen-bond donors (Lipinski definition) is 1. The molecule has 52 valence electrons. The SMILES string of the molecule is OCC1[C@H]2OCCO[C@@H]12.